The minimum absolute atomic E-state index is 0.183. The van der Waals surface area contributed by atoms with Crippen LogP contribution in [0.15, 0.2) is 72.8 Å². The Kier molecular flexibility index (Phi) is 6.25. The van der Waals surface area contributed by atoms with Crippen molar-refractivity contribution in [3.63, 3.8) is 0 Å². The number of ether oxygens (including phenoxy) is 2. The van der Waals surface area contributed by atoms with E-state index in [-0.39, 0.29) is 5.75 Å². The molecule has 0 spiro atoms. The van der Waals surface area contributed by atoms with Crippen LogP contribution in [0, 0.1) is 0 Å². The Bertz CT molecular complexity index is 1290. The Morgan fingerprint density at radius 2 is 1.81 bits per heavy atom. The second-order valence-electron chi connectivity index (χ2n) is 7.23. The Hall–Kier alpha value is -3.61. The average molecular weight is 447 g/mol. The molecule has 0 radical (unpaired) electrons. The zero-order valence-corrected chi connectivity index (χ0v) is 18.4. The van der Waals surface area contributed by atoms with Crippen molar-refractivity contribution < 1.29 is 24.5 Å². The van der Waals surface area contributed by atoms with Crippen LogP contribution in [0.1, 0.15) is 24.2 Å². The van der Waals surface area contributed by atoms with Gasteiger partial charge in [0.1, 0.15) is 11.5 Å². The molecule has 0 amide bonds. The topological polar surface area (TPSA) is 76.0 Å². The molecular weight excluding hydrogens is 424 g/mol. The lowest BCUT2D eigenvalue weighted by Crippen LogP contribution is -1.95. The molecule has 4 rings (SSSR count). The molecule has 0 aliphatic rings. The number of phenolic OH excluding ortho intramolecular Hbond substituents is 1. The van der Waals surface area contributed by atoms with Crippen LogP contribution in [-0.2, 0) is 9.53 Å². The molecule has 0 unspecified atom stereocenters. The predicted molar refractivity (Wildman–Crippen MR) is 127 cm³/mol. The van der Waals surface area contributed by atoms with Crippen molar-refractivity contribution in [1.82, 2.24) is 0 Å². The number of hydrogen-bond donors (Lipinski definition) is 2. The summed E-state index contributed by atoms with van der Waals surface area (Å²) in [5.41, 5.74) is 2.52. The van der Waals surface area contributed by atoms with Crippen LogP contribution in [-0.4, -0.2) is 23.3 Å². The largest absolute Gasteiger partial charge is 0.508 e. The van der Waals surface area contributed by atoms with Gasteiger partial charge in [0, 0.05) is 21.7 Å². The summed E-state index contributed by atoms with van der Waals surface area (Å²) in [6.07, 6.45) is 2.39. The number of carbonyl (C=O) groups excluding carboxylic acids is 1. The molecule has 1 aromatic heterocycles. The van der Waals surface area contributed by atoms with E-state index in [9.17, 15) is 15.0 Å². The number of rotatable bonds is 6. The van der Waals surface area contributed by atoms with Gasteiger partial charge in [0.15, 0.2) is 5.75 Å². The molecule has 0 saturated heterocycles. The second kappa shape index (κ2) is 9.26. The smallest absolute Gasteiger partial charge is 0.330 e. The van der Waals surface area contributed by atoms with E-state index in [1.807, 2.05) is 54.6 Å². The molecule has 4 aromatic rings. The summed E-state index contributed by atoms with van der Waals surface area (Å²) in [5, 5.41) is 21.1. The molecule has 162 valence electrons. The first-order chi connectivity index (χ1) is 15.5. The number of aromatic hydroxyl groups is 1. The van der Waals surface area contributed by atoms with E-state index in [1.165, 1.54) is 24.5 Å². The van der Waals surface area contributed by atoms with Crippen molar-refractivity contribution in [1.29, 1.82) is 0 Å². The van der Waals surface area contributed by atoms with E-state index in [4.69, 9.17) is 4.74 Å². The van der Waals surface area contributed by atoms with E-state index in [0.29, 0.717) is 11.5 Å². The van der Waals surface area contributed by atoms with Crippen molar-refractivity contribution in [2.45, 2.75) is 13.0 Å². The predicted octanol–water partition coefficient (Wildman–Crippen LogP) is 6.31. The molecular formula is C26H22O5S. The third-order valence-corrected chi connectivity index (χ3v) is 6.16. The minimum atomic E-state index is -0.640. The van der Waals surface area contributed by atoms with Crippen LogP contribution in [0.25, 0.3) is 26.6 Å². The maximum atomic E-state index is 11.3. The van der Waals surface area contributed by atoms with E-state index in [2.05, 4.69) is 4.74 Å². The normalized spacial score (nSPS) is 12.2. The Morgan fingerprint density at radius 1 is 1.06 bits per heavy atom. The summed E-state index contributed by atoms with van der Waals surface area (Å²) in [6.45, 7) is 1.74. The number of esters is 1. The molecule has 32 heavy (non-hydrogen) atoms. The van der Waals surface area contributed by atoms with Gasteiger partial charge in [-0.3, -0.25) is 0 Å². The van der Waals surface area contributed by atoms with Crippen molar-refractivity contribution >= 4 is 33.5 Å². The summed E-state index contributed by atoms with van der Waals surface area (Å²) >= 11 is 1.50. The summed E-state index contributed by atoms with van der Waals surface area (Å²) in [7, 11) is 1.34. The highest BCUT2D eigenvalue weighted by Crippen LogP contribution is 2.48. The summed E-state index contributed by atoms with van der Waals surface area (Å²) in [4.78, 5) is 12.2. The number of carbonyl (C=O) groups is 1. The van der Waals surface area contributed by atoms with E-state index in [1.54, 1.807) is 25.1 Å². The Balaban J connectivity index is 1.76. The van der Waals surface area contributed by atoms with E-state index < -0.39 is 12.1 Å². The number of thiophene rings is 1. The maximum absolute atomic E-state index is 11.3. The number of hydrogen-bond acceptors (Lipinski definition) is 6. The molecule has 3 aromatic carbocycles. The molecule has 1 atom stereocenters. The van der Waals surface area contributed by atoms with Gasteiger partial charge < -0.3 is 19.7 Å². The molecule has 6 heteroatoms. The molecule has 5 nitrogen and oxygen atoms in total. The molecule has 2 N–H and O–H groups in total. The monoisotopic (exact) mass is 446 g/mol. The average Bonchev–Trinajstić information content (AvgIpc) is 3.15. The molecule has 0 saturated carbocycles. The Morgan fingerprint density at radius 3 is 2.53 bits per heavy atom. The van der Waals surface area contributed by atoms with Gasteiger partial charge in [0.25, 0.3) is 0 Å². The SMILES string of the molecule is COC(=O)C=Cc1ccc(Oc2c(-c3ccccc3[C@@H](C)O)sc3cc(O)ccc23)cc1. The standard InChI is InChI=1S/C26H22O5S/c1-16(27)20-5-3-4-6-21(20)26-25(22-13-10-18(28)15-23(22)32-26)31-19-11-7-17(8-12-19)9-14-24(29)30-2/h3-16,27-28H,1-2H3/t16-/m1/s1. The number of aliphatic hydroxyl groups is 1. The highest BCUT2D eigenvalue weighted by atomic mass is 32.1. The minimum Gasteiger partial charge on any atom is -0.508 e. The first kappa shape index (κ1) is 21.6. The van der Waals surface area contributed by atoms with Crippen LogP contribution in [0.3, 0.4) is 0 Å². The lowest BCUT2D eigenvalue weighted by molar-refractivity contribution is -0.134. The van der Waals surface area contributed by atoms with Gasteiger partial charge in [-0.15, -0.1) is 11.3 Å². The number of aliphatic hydroxyl groups excluding tert-OH is 1. The summed E-state index contributed by atoms with van der Waals surface area (Å²) in [5.74, 6) is 1.06. The zero-order valence-electron chi connectivity index (χ0n) is 17.6. The summed E-state index contributed by atoms with van der Waals surface area (Å²) in [6, 6.07) is 20.2. The van der Waals surface area contributed by atoms with Crippen molar-refractivity contribution in [3.05, 3.63) is 83.9 Å². The van der Waals surface area contributed by atoms with Crippen LogP contribution in [0.4, 0.5) is 0 Å². The molecule has 0 bridgehead atoms. The van der Waals surface area contributed by atoms with Crippen LogP contribution < -0.4 is 4.74 Å². The first-order valence-corrected chi connectivity index (χ1v) is 10.8. The van der Waals surface area contributed by atoms with E-state index in [0.717, 1.165) is 31.7 Å². The Labute approximate surface area is 189 Å². The number of fused-ring (bicyclic) bond motifs is 1. The number of methoxy groups -OCH3 is 1. The van der Waals surface area contributed by atoms with E-state index >= 15 is 0 Å². The van der Waals surface area contributed by atoms with Gasteiger partial charge in [0.2, 0.25) is 0 Å². The molecule has 0 aliphatic carbocycles. The number of phenols is 1. The number of benzene rings is 3. The van der Waals surface area contributed by atoms with Gasteiger partial charge in [0.05, 0.1) is 18.1 Å². The van der Waals surface area contributed by atoms with Crippen LogP contribution >= 0.6 is 11.3 Å². The fourth-order valence-corrected chi connectivity index (χ4v) is 4.62. The van der Waals surface area contributed by atoms with Gasteiger partial charge in [-0.05, 0) is 54.5 Å². The highest BCUT2D eigenvalue weighted by molar-refractivity contribution is 7.22. The van der Waals surface area contributed by atoms with Gasteiger partial charge in [-0.2, -0.15) is 0 Å². The van der Waals surface area contributed by atoms with Crippen molar-refractivity contribution in [2.24, 2.45) is 0 Å². The molecule has 0 fully saturated rings. The lowest BCUT2D eigenvalue weighted by Gasteiger charge is -2.13. The summed E-state index contributed by atoms with van der Waals surface area (Å²) < 4.78 is 11.8. The van der Waals surface area contributed by atoms with Gasteiger partial charge in [-0.1, -0.05) is 36.4 Å². The lowest BCUT2D eigenvalue weighted by atomic mass is 10.0. The highest BCUT2D eigenvalue weighted by Gasteiger charge is 2.20. The zero-order chi connectivity index (χ0) is 22.7. The fourth-order valence-electron chi connectivity index (χ4n) is 3.41. The van der Waals surface area contributed by atoms with Gasteiger partial charge in [-0.25, -0.2) is 4.79 Å². The second-order valence-corrected chi connectivity index (χ2v) is 8.28. The van der Waals surface area contributed by atoms with Crippen LogP contribution in [0.2, 0.25) is 0 Å². The van der Waals surface area contributed by atoms with Crippen molar-refractivity contribution in [2.75, 3.05) is 7.11 Å². The third-order valence-electron chi connectivity index (χ3n) is 5.00. The third kappa shape index (κ3) is 4.51. The molecule has 1 heterocycles. The fraction of sp³-hybridized carbons (Fsp3) is 0.115. The first-order valence-electron chi connectivity index (χ1n) is 10.0. The van der Waals surface area contributed by atoms with Crippen molar-refractivity contribution in [3.8, 4) is 27.7 Å². The quantitative estimate of drug-likeness (QED) is 0.268. The molecule has 0 aliphatic heterocycles. The van der Waals surface area contributed by atoms with Gasteiger partial charge >= 0.3 is 5.97 Å². The maximum Gasteiger partial charge on any atom is 0.330 e. The van der Waals surface area contributed by atoms with Crippen LogP contribution in [0.5, 0.6) is 17.2 Å².